The molecule has 0 aliphatic rings. The van der Waals surface area contributed by atoms with E-state index in [1.807, 2.05) is 11.6 Å². The molecule has 2 N–H and O–H groups in total. The average Bonchev–Trinajstić information content (AvgIpc) is 2.96. The van der Waals surface area contributed by atoms with Crippen molar-refractivity contribution in [2.45, 2.75) is 44.6 Å². The lowest BCUT2D eigenvalue weighted by molar-refractivity contribution is -0.132. The Morgan fingerprint density at radius 1 is 0.953 bits per heavy atom. The fourth-order valence-corrected chi connectivity index (χ4v) is 6.04. The average molecular weight is 632 g/mol. The van der Waals surface area contributed by atoms with Crippen LogP contribution < -0.4 is 10.0 Å². The zero-order chi connectivity index (χ0) is 31.6. The summed E-state index contributed by atoms with van der Waals surface area (Å²) in [6, 6.07) is 16.3. The van der Waals surface area contributed by atoms with Crippen molar-refractivity contribution in [1.29, 1.82) is 0 Å². The summed E-state index contributed by atoms with van der Waals surface area (Å²) in [5, 5.41) is 2.78. The van der Waals surface area contributed by atoms with E-state index in [9.17, 15) is 27.2 Å². The van der Waals surface area contributed by atoms with Gasteiger partial charge in [0.05, 0.1) is 10.8 Å². The van der Waals surface area contributed by atoms with Crippen LogP contribution in [0.5, 0.6) is 0 Å². The first-order chi connectivity index (χ1) is 20.5. The molecule has 0 saturated heterocycles. The van der Waals surface area contributed by atoms with E-state index in [-0.39, 0.29) is 71.6 Å². The summed E-state index contributed by atoms with van der Waals surface area (Å²) in [5.74, 6) is -2.73. The van der Waals surface area contributed by atoms with E-state index in [2.05, 4.69) is 17.9 Å². The molecular formula is C31H35F2N3O5S2. The summed E-state index contributed by atoms with van der Waals surface area (Å²) in [6.45, 7) is 3.07. The Hall–Kier alpha value is -3.77. The molecule has 3 aromatic carbocycles. The van der Waals surface area contributed by atoms with Crippen LogP contribution in [0.3, 0.4) is 0 Å². The van der Waals surface area contributed by atoms with Gasteiger partial charge in [0.15, 0.2) is 0 Å². The van der Waals surface area contributed by atoms with Gasteiger partial charge in [0.2, 0.25) is 17.7 Å². The molecule has 0 saturated carbocycles. The molecule has 1 atom stereocenters. The number of carbonyl (C=O) groups is 3. The molecule has 3 aromatic rings. The highest BCUT2D eigenvalue weighted by molar-refractivity contribution is 7.90. The minimum Gasteiger partial charge on any atom is -0.354 e. The van der Waals surface area contributed by atoms with Crippen molar-refractivity contribution in [3.05, 3.63) is 89.5 Å². The number of hydrogen-bond donors (Lipinski definition) is 3. The van der Waals surface area contributed by atoms with Crippen molar-refractivity contribution in [2.75, 3.05) is 18.8 Å². The summed E-state index contributed by atoms with van der Waals surface area (Å²) >= 11 is 4.25. The Bertz CT molecular complexity index is 1570. The molecular weight excluding hydrogens is 596 g/mol. The lowest BCUT2D eigenvalue weighted by Crippen LogP contribution is -2.41. The fourth-order valence-electron chi connectivity index (χ4n) is 4.52. The number of nitrogens with zero attached hydrogens (tertiary/aromatic N) is 1. The lowest BCUT2D eigenvalue weighted by atomic mass is 9.99. The van der Waals surface area contributed by atoms with Crippen LogP contribution >= 0.6 is 12.6 Å². The van der Waals surface area contributed by atoms with Gasteiger partial charge in [-0.3, -0.25) is 14.4 Å². The maximum absolute atomic E-state index is 15.4. The number of rotatable bonds is 14. The van der Waals surface area contributed by atoms with Crippen LogP contribution in [0.2, 0.25) is 0 Å². The standard InChI is InChI=1S/C31H35F2N3O5S2/c1-3-8-30(38)36(16-15-34-31(39)25(20-42)17-23-9-4-6-11-27(23)32)19-24-14-13-22(18-28(24)33)26-10-5-7-12-29(26)43(40,41)35-21(2)37/h4-7,9-14,18,25,42H,3,8,15-17,19-20H2,1-2H3,(H,34,39)(H,35,37)/t25-/m1/s1. The highest BCUT2D eigenvalue weighted by Gasteiger charge is 2.23. The second kappa shape index (κ2) is 15.6. The Balaban J connectivity index is 1.74. The van der Waals surface area contributed by atoms with Gasteiger partial charge in [-0.2, -0.15) is 12.6 Å². The number of halogens is 2. The third kappa shape index (κ3) is 9.36. The SMILES string of the molecule is CCCC(=O)N(CCNC(=O)[C@@H](CS)Cc1ccccc1F)Cc1ccc(-c2ccccc2S(=O)(=O)NC(C)=O)cc1F. The molecule has 0 aliphatic carbocycles. The smallest absolute Gasteiger partial charge is 0.264 e. The molecule has 8 nitrogen and oxygen atoms in total. The van der Waals surface area contributed by atoms with Crippen molar-refractivity contribution in [1.82, 2.24) is 14.9 Å². The quantitative estimate of drug-likeness (QED) is 0.227. The van der Waals surface area contributed by atoms with Crippen LogP contribution in [0.4, 0.5) is 8.78 Å². The first-order valence-electron chi connectivity index (χ1n) is 13.8. The van der Waals surface area contributed by atoms with Gasteiger partial charge < -0.3 is 10.2 Å². The Morgan fingerprint density at radius 2 is 1.65 bits per heavy atom. The van der Waals surface area contributed by atoms with Crippen LogP contribution in [0.25, 0.3) is 11.1 Å². The van der Waals surface area contributed by atoms with Crippen molar-refractivity contribution in [2.24, 2.45) is 5.92 Å². The van der Waals surface area contributed by atoms with Crippen molar-refractivity contribution < 1.29 is 31.6 Å². The monoisotopic (exact) mass is 631 g/mol. The summed E-state index contributed by atoms with van der Waals surface area (Å²) in [7, 11) is -4.18. The molecule has 0 aromatic heterocycles. The number of hydrogen-bond acceptors (Lipinski definition) is 6. The van der Waals surface area contributed by atoms with Gasteiger partial charge in [0, 0.05) is 49.9 Å². The maximum atomic E-state index is 15.4. The largest absolute Gasteiger partial charge is 0.354 e. The number of benzene rings is 3. The van der Waals surface area contributed by atoms with Gasteiger partial charge >= 0.3 is 0 Å². The minimum atomic E-state index is -4.18. The van der Waals surface area contributed by atoms with E-state index < -0.39 is 33.5 Å². The van der Waals surface area contributed by atoms with E-state index in [1.165, 1.54) is 41.3 Å². The number of nitrogens with one attached hydrogen (secondary N) is 2. The summed E-state index contributed by atoms with van der Waals surface area (Å²) in [5.41, 5.74) is 1.09. The second-order valence-electron chi connectivity index (χ2n) is 10.00. The molecule has 0 bridgehead atoms. The first kappa shape index (κ1) is 33.7. The molecule has 0 spiro atoms. The first-order valence-corrected chi connectivity index (χ1v) is 15.9. The van der Waals surface area contributed by atoms with Crippen molar-refractivity contribution in [3.8, 4) is 11.1 Å². The van der Waals surface area contributed by atoms with E-state index >= 15 is 4.39 Å². The van der Waals surface area contributed by atoms with E-state index in [0.717, 1.165) is 6.92 Å². The van der Waals surface area contributed by atoms with Crippen LogP contribution in [0.1, 0.15) is 37.8 Å². The highest BCUT2D eigenvalue weighted by atomic mass is 32.2. The topological polar surface area (TPSA) is 113 Å². The summed E-state index contributed by atoms with van der Waals surface area (Å²) in [4.78, 5) is 38.3. The molecule has 3 rings (SSSR count). The lowest BCUT2D eigenvalue weighted by Gasteiger charge is -2.24. The highest BCUT2D eigenvalue weighted by Crippen LogP contribution is 2.29. The molecule has 3 amide bonds. The van der Waals surface area contributed by atoms with Crippen molar-refractivity contribution in [3.63, 3.8) is 0 Å². The van der Waals surface area contributed by atoms with Gasteiger partial charge in [0.1, 0.15) is 11.6 Å². The minimum absolute atomic E-state index is 0.0715. The maximum Gasteiger partial charge on any atom is 0.264 e. The zero-order valence-electron chi connectivity index (χ0n) is 24.0. The molecule has 0 heterocycles. The molecule has 230 valence electrons. The van der Waals surface area contributed by atoms with Gasteiger partial charge in [-0.15, -0.1) is 0 Å². The van der Waals surface area contributed by atoms with E-state index in [4.69, 9.17) is 0 Å². The van der Waals surface area contributed by atoms with E-state index in [0.29, 0.717) is 12.0 Å². The van der Waals surface area contributed by atoms with Crippen LogP contribution in [0, 0.1) is 17.6 Å². The fraction of sp³-hybridized carbons (Fsp3) is 0.323. The summed E-state index contributed by atoms with van der Waals surface area (Å²) < 4.78 is 56.7. The molecule has 12 heteroatoms. The predicted octanol–water partition coefficient (Wildman–Crippen LogP) is 4.49. The van der Waals surface area contributed by atoms with Crippen LogP contribution in [0.15, 0.2) is 71.6 Å². The molecule has 0 unspecified atom stereocenters. The Kier molecular flexibility index (Phi) is 12.3. The van der Waals surface area contributed by atoms with Gasteiger partial charge in [0.25, 0.3) is 10.0 Å². The van der Waals surface area contributed by atoms with Gasteiger partial charge in [-0.25, -0.2) is 21.9 Å². The predicted molar refractivity (Wildman–Crippen MR) is 164 cm³/mol. The van der Waals surface area contributed by atoms with Crippen molar-refractivity contribution >= 4 is 40.4 Å². The zero-order valence-corrected chi connectivity index (χ0v) is 25.7. The third-order valence-electron chi connectivity index (χ3n) is 6.69. The number of amides is 3. The molecule has 0 aliphatic heterocycles. The Labute approximate surface area is 256 Å². The van der Waals surface area contributed by atoms with Crippen LogP contribution in [-0.2, 0) is 37.4 Å². The van der Waals surface area contributed by atoms with Gasteiger partial charge in [-0.05, 0) is 42.2 Å². The molecule has 0 radical (unpaired) electrons. The Morgan fingerprint density at radius 3 is 2.30 bits per heavy atom. The molecule has 0 fully saturated rings. The second-order valence-corrected chi connectivity index (χ2v) is 12.0. The number of thiol groups is 1. The van der Waals surface area contributed by atoms with Gasteiger partial charge in [-0.1, -0.05) is 55.5 Å². The number of carbonyl (C=O) groups excluding carboxylic acids is 3. The molecule has 43 heavy (non-hydrogen) atoms. The summed E-state index contributed by atoms with van der Waals surface area (Å²) in [6.07, 6.45) is 0.981. The normalized spacial score (nSPS) is 11.9. The van der Waals surface area contributed by atoms with Crippen LogP contribution in [-0.4, -0.2) is 49.9 Å². The number of sulfonamides is 1. The van der Waals surface area contributed by atoms with E-state index in [1.54, 1.807) is 30.3 Å². The third-order valence-corrected chi connectivity index (χ3v) is 8.62.